The number of hydrogen-bond acceptors (Lipinski definition) is 3. The van der Waals surface area contributed by atoms with Crippen LogP contribution in [0.5, 0.6) is 0 Å². The molecule has 3 rings (SSSR count). The highest BCUT2D eigenvalue weighted by Gasteiger charge is 2.32. The summed E-state index contributed by atoms with van der Waals surface area (Å²) in [4.78, 5) is 5.65. The van der Waals surface area contributed by atoms with E-state index in [1.165, 1.54) is 9.69 Å². The molecule has 1 aliphatic heterocycles. The number of rotatable bonds is 4. The van der Waals surface area contributed by atoms with Crippen LogP contribution in [0.2, 0.25) is 0 Å². The predicted octanol–water partition coefficient (Wildman–Crippen LogP) is 2.02. The largest absolute Gasteiger partial charge is 0.357 e. The van der Waals surface area contributed by atoms with E-state index < -0.39 is 10.0 Å². The Morgan fingerprint density at radius 1 is 1.32 bits per heavy atom. The predicted molar refractivity (Wildman–Crippen MR) is 89.2 cm³/mol. The highest BCUT2D eigenvalue weighted by Crippen LogP contribution is 2.22. The Balaban J connectivity index is 1.72. The third-order valence-electron chi connectivity index (χ3n) is 4.37. The van der Waals surface area contributed by atoms with Crippen LogP contribution in [0.1, 0.15) is 18.5 Å². The van der Waals surface area contributed by atoms with Crippen molar-refractivity contribution < 1.29 is 8.42 Å². The molecule has 1 fully saturated rings. The van der Waals surface area contributed by atoms with E-state index in [4.69, 9.17) is 0 Å². The second-order valence-electron chi connectivity index (χ2n) is 6.21. The zero-order valence-electron chi connectivity index (χ0n) is 13.1. The Labute approximate surface area is 132 Å². The molecule has 5 nitrogen and oxygen atoms in total. The summed E-state index contributed by atoms with van der Waals surface area (Å²) in [6, 6.07) is 10.3. The van der Waals surface area contributed by atoms with Gasteiger partial charge < -0.3 is 4.98 Å². The van der Waals surface area contributed by atoms with Crippen molar-refractivity contribution in [3.63, 3.8) is 0 Å². The highest BCUT2D eigenvalue weighted by molar-refractivity contribution is 7.89. The number of likely N-dealkylation sites (tertiary alicyclic amines) is 1. The van der Waals surface area contributed by atoms with Gasteiger partial charge in [-0.1, -0.05) is 18.2 Å². The van der Waals surface area contributed by atoms with Crippen LogP contribution in [0, 0.1) is 0 Å². The van der Waals surface area contributed by atoms with Crippen LogP contribution < -0.4 is 0 Å². The molecule has 1 N–H and O–H groups in total. The molecule has 0 saturated carbocycles. The molecule has 1 saturated heterocycles. The minimum Gasteiger partial charge on any atom is -0.357 e. The summed E-state index contributed by atoms with van der Waals surface area (Å²) in [6.45, 7) is 2.33. The molecule has 22 heavy (non-hydrogen) atoms. The molecular formula is C16H23N3O2S. The third kappa shape index (κ3) is 3.04. The SMILES string of the molecule is CN(C)S(=O)(=O)C1CCCN(Cc2cc3ccccc3[nH]2)C1. The molecule has 1 atom stereocenters. The van der Waals surface area contributed by atoms with Crippen molar-refractivity contribution in [2.24, 2.45) is 0 Å². The van der Waals surface area contributed by atoms with E-state index >= 15 is 0 Å². The van der Waals surface area contributed by atoms with Crippen LogP contribution in [0.15, 0.2) is 30.3 Å². The van der Waals surface area contributed by atoms with Crippen LogP contribution >= 0.6 is 0 Å². The molecule has 0 aliphatic carbocycles. The number of hydrogen-bond donors (Lipinski definition) is 1. The summed E-state index contributed by atoms with van der Waals surface area (Å²) >= 11 is 0. The van der Waals surface area contributed by atoms with Crippen molar-refractivity contribution in [3.8, 4) is 0 Å². The Morgan fingerprint density at radius 2 is 2.09 bits per heavy atom. The first kappa shape index (κ1) is 15.5. The maximum atomic E-state index is 12.3. The maximum absolute atomic E-state index is 12.3. The first-order valence-electron chi connectivity index (χ1n) is 7.67. The van der Waals surface area contributed by atoms with Crippen molar-refractivity contribution >= 4 is 20.9 Å². The Kier molecular flexibility index (Phi) is 4.25. The second kappa shape index (κ2) is 6.02. The van der Waals surface area contributed by atoms with Gasteiger partial charge in [0.15, 0.2) is 0 Å². The van der Waals surface area contributed by atoms with Crippen molar-refractivity contribution in [3.05, 3.63) is 36.0 Å². The fraction of sp³-hybridized carbons (Fsp3) is 0.500. The van der Waals surface area contributed by atoms with Gasteiger partial charge in [0, 0.05) is 38.4 Å². The Morgan fingerprint density at radius 3 is 2.82 bits per heavy atom. The van der Waals surface area contributed by atoms with Gasteiger partial charge in [0.2, 0.25) is 10.0 Å². The summed E-state index contributed by atoms with van der Waals surface area (Å²) in [7, 11) is 0.0658. The molecular weight excluding hydrogens is 298 g/mol. The molecule has 0 radical (unpaired) electrons. The molecule has 1 aromatic heterocycles. The lowest BCUT2D eigenvalue weighted by molar-refractivity contribution is 0.218. The lowest BCUT2D eigenvalue weighted by atomic mass is 10.1. The van der Waals surface area contributed by atoms with Crippen LogP contribution in [0.4, 0.5) is 0 Å². The van der Waals surface area contributed by atoms with E-state index in [9.17, 15) is 8.42 Å². The molecule has 120 valence electrons. The lowest BCUT2D eigenvalue weighted by Gasteiger charge is -2.33. The molecule has 1 unspecified atom stereocenters. The van der Waals surface area contributed by atoms with Gasteiger partial charge in [0.25, 0.3) is 0 Å². The number of para-hydroxylation sites is 1. The van der Waals surface area contributed by atoms with Gasteiger partial charge in [0.05, 0.1) is 5.25 Å². The summed E-state index contributed by atoms with van der Waals surface area (Å²) in [5.74, 6) is 0. The van der Waals surface area contributed by atoms with Gasteiger partial charge in [0.1, 0.15) is 0 Å². The van der Waals surface area contributed by atoms with E-state index in [0.29, 0.717) is 6.54 Å². The number of aromatic amines is 1. The van der Waals surface area contributed by atoms with Crippen molar-refractivity contribution in [2.45, 2.75) is 24.6 Å². The van der Waals surface area contributed by atoms with Gasteiger partial charge in [-0.15, -0.1) is 0 Å². The molecule has 1 aliphatic rings. The Hall–Kier alpha value is -1.37. The number of fused-ring (bicyclic) bond motifs is 1. The number of piperidine rings is 1. The van der Waals surface area contributed by atoms with E-state index in [0.717, 1.165) is 37.1 Å². The Bertz CT molecular complexity index is 719. The maximum Gasteiger partial charge on any atom is 0.217 e. The number of benzene rings is 1. The molecule has 1 aromatic carbocycles. The number of nitrogens with zero attached hydrogens (tertiary/aromatic N) is 2. The minimum atomic E-state index is -3.17. The van der Waals surface area contributed by atoms with Crippen LogP contribution in [0.3, 0.4) is 0 Å². The third-order valence-corrected chi connectivity index (χ3v) is 6.62. The fourth-order valence-electron chi connectivity index (χ4n) is 3.16. The van der Waals surface area contributed by atoms with Crippen molar-refractivity contribution in [1.82, 2.24) is 14.2 Å². The zero-order valence-corrected chi connectivity index (χ0v) is 13.9. The molecule has 0 bridgehead atoms. The topological polar surface area (TPSA) is 56.4 Å². The molecule has 2 heterocycles. The summed E-state index contributed by atoms with van der Waals surface area (Å²) in [5.41, 5.74) is 2.27. The van der Waals surface area contributed by atoms with Gasteiger partial charge >= 0.3 is 0 Å². The smallest absolute Gasteiger partial charge is 0.217 e. The number of sulfonamides is 1. The molecule has 0 amide bonds. The normalized spacial score (nSPS) is 20.8. The van der Waals surface area contributed by atoms with Crippen molar-refractivity contribution in [1.29, 1.82) is 0 Å². The quantitative estimate of drug-likeness (QED) is 0.937. The molecule has 2 aromatic rings. The van der Waals surface area contributed by atoms with E-state index in [2.05, 4.69) is 28.1 Å². The average Bonchev–Trinajstić information content (AvgIpc) is 2.89. The van der Waals surface area contributed by atoms with E-state index in [-0.39, 0.29) is 5.25 Å². The standard InChI is InChI=1S/C16H23N3O2S/c1-18(2)22(20,21)15-7-5-9-19(12-15)11-14-10-13-6-3-4-8-16(13)17-14/h3-4,6,8,10,15,17H,5,7,9,11-12H2,1-2H3. The lowest BCUT2D eigenvalue weighted by Crippen LogP contribution is -2.45. The van der Waals surface area contributed by atoms with E-state index in [1.54, 1.807) is 14.1 Å². The summed E-state index contributed by atoms with van der Waals surface area (Å²) in [6.07, 6.45) is 1.68. The first-order chi connectivity index (χ1) is 10.5. The molecule has 6 heteroatoms. The van der Waals surface area contributed by atoms with Crippen LogP contribution in [-0.4, -0.2) is 55.0 Å². The van der Waals surface area contributed by atoms with Gasteiger partial charge in [-0.2, -0.15) is 0 Å². The minimum absolute atomic E-state index is 0.291. The highest BCUT2D eigenvalue weighted by atomic mass is 32.2. The number of aromatic nitrogens is 1. The van der Waals surface area contributed by atoms with Crippen molar-refractivity contribution in [2.75, 3.05) is 27.2 Å². The summed E-state index contributed by atoms with van der Waals surface area (Å²) < 4.78 is 26.0. The fourth-order valence-corrected chi connectivity index (χ4v) is 4.62. The summed E-state index contributed by atoms with van der Waals surface area (Å²) in [5, 5.41) is 0.910. The van der Waals surface area contributed by atoms with Crippen LogP contribution in [-0.2, 0) is 16.6 Å². The zero-order chi connectivity index (χ0) is 15.7. The number of H-pyrrole nitrogens is 1. The monoisotopic (exact) mass is 321 g/mol. The molecule has 0 spiro atoms. The number of nitrogens with one attached hydrogen (secondary N) is 1. The second-order valence-corrected chi connectivity index (χ2v) is 8.64. The van der Waals surface area contributed by atoms with Gasteiger partial charge in [-0.25, -0.2) is 12.7 Å². The van der Waals surface area contributed by atoms with Crippen LogP contribution in [0.25, 0.3) is 10.9 Å². The first-order valence-corrected chi connectivity index (χ1v) is 9.17. The van der Waals surface area contributed by atoms with Gasteiger partial charge in [-0.05, 0) is 36.9 Å². The van der Waals surface area contributed by atoms with Gasteiger partial charge in [-0.3, -0.25) is 4.90 Å². The van der Waals surface area contributed by atoms with E-state index in [1.807, 2.05) is 12.1 Å². The average molecular weight is 321 g/mol.